The highest BCUT2D eigenvalue weighted by atomic mass is 32.2. The molecule has 2 aromatic carbocycles. The summed E-state index contributed by atoms with van der Waals surface area (Å²) < 4.78 is 37.9. The van der Waals surface area contributed by atoms with E-state index in [0.717, 1.165) is 38.5 Å². The lowest BCUT2D eigenvalue weighted by molar-refractivity contribution is 0.0284. The summed E-state index contributed by atoms with van der Waals surface area (Å²) in [6.07, 6.45) is 6.95. The summed E-state index contributed by atoms with van der Waals surface area (Å²) >= 11 is 0. The SMILES string of the molecule is CC.CN(Cc1cccc2c1OCCCCCCCCC(C)(C)S(=O)(=O)c1ccc(cc1)-c1cnc(N)c(n1)C(=O)N2)C(=O)OC(C)(C)C. The van der Waals surface area contributed by atoms with Crippen LogP contribution < -0.4 is 15.8 Å². The van der Waals surface area contributed by atoms with Gasteiger partial charge in [-0.15, -0.1) is 0 Å². The van der Waals surface area contributed by atoms with Crippen LogP contribution in [0.3, 0.4) is 0 Å². The van der Waals surface area contributed by atoms with E-state index in [1.165, 1.54) is 11.1 Å². The Bertz CT molecular complexity index is 1680. The number of amides is 2. The monoisotopic (exact) mass is 695 g/mol. The lowest BCUT2D eigenvalue weighted by Gasteiger charge is -2.25. The second-order valence-corrected chi connectivity index (χ2v) is 16.2. The Morgan fingerprint density at radius 3 is 2.31 bits per heavy atom. The molecule has 0 aliphatic carbocycles. The van der Waals surface area contributed by atoms with Gasteiger partial charge in [0.1, 0.15) is 11.4 Å². The summed E-state index contributed by atoms with van der Waals surface area (Å²) in [5.41, 5.74) is 7.41. The van der Waals surface area contributed by atoms with Crippen LogP contribution in [0.15, 0.2) is 53.6 Å². The molecule has 2 aliphatic rings. The minimum atomic E-state index is -3.58. The molecular formula is C37H53N5O6S. The molecule has 3 N–H and O–H groups in total. The summed E-state index contributed by atoms with van der Waals surface area (Å²) in [7, 11) is -1.94. The molecule has 0 saturated carbocycles. The van der Waals surface area contributed by atoms with Crippen molar-refractivity contribution in [1.29, 1.82) is 0 Å². The molecule has 268 valence electrons. The smallest absolute Gasteiger partial charge is 0.410 e. The van der Waals surface area contributed by atoms with Crippen LogP contribution in [-0.4, -0.2) is 59.3 Å². The highest BCUT2D eigenvalue weighted by molar-refractivity contribution is 7.92. The molecule has 0 saturated heterocycles. The third-order valence-corrected chi connectivity index (χ3v) is 10.6. The minimum Gasteiger partial charge on any atom is -0.491 e. The maximum absolute atomic E-state index is 13.6. The van der Waals surface area contributed by atoms with E-state index in [9.17, 15) is 18.0 Å². The number of benzene rings is 2. The quantitative estimate of drug-likeness (QED) is 0.271. The van der Waals surface area contributed by atoms with Crippen LogP contribution in [-0.2, 0) is 21.1 Å². The number of hydrogen-bond donors (Lipinski definition) is 2. The molecule has 0 atom stereocenters. The number of nitrogens with two attached hydrogens (primary N) is 1. The van der Waals surface area contributed by atoms with Gasteiger partial charge >= 0.3 is 6.09 Å². The van der Waals surface area contributed by atoms with Crippen molar-refractivity contribution in [3.8, 4) is 17.0 Å². The van der Waals surface area contributed by atoms with E-state index in [0.29, 0.717) is 41.3 Å². The van der Waals surface area contributed by atoms with E-state index in [2.05, 4.69) is 15.3 Å². The van der Waals surface area contributed by atoms with Crippen molar-refractivity contribution in [2.75, 3.05) is 24.7 Å². The molecule has 2 aliphatic heterocycles. The maximum Gasteiger partial charge on any atom is 0.410 e. The fourth-order valence-corrected chi connectivity index (χ4v) is 6.86. The van der Waals surface area contributed by atoms with Crippen LogP contribution in [0.25, 0.3) is 11.3 Å². The topological polar surface area (TPSA) is 154 Å². The lowest BCUT2D eigenvalue weighted by atomic mass is 10.0. The van der Waals surface area contributed by atoms with Crippen molar-refractivity contribution in [1.82, 2.24) is 14.9 Å². The predicted molar refractivity (Wildman–Crippen MR) is 194 cm³/mol. The summed E-state index contributed by atoms with van der Waals surface area (Å²) in [4.78, 5) is 36.7. The van der Waals surface area contributed by atoms with Crippen LogP contribution >= 0.6 is 0 Å². The van der Waals surface area contributed by atoms with Gasteiger partial charge < -0.3 is 25.4 Å². The molecule has 4 bridgehead atoms. The molecule has 5 rings (SSSR count). The van der Waals surface area contributed by atoms with Crippen molar-refractivity contribution in [2.45, 2.75) is 115 Å². The fourth-order valence-electron chi connectivity index (χ4n) is 5.32. The molecule has 49 heavy (non-hydrogen) atoms. The van der Waals surface area contributed by atoms with E-state index in [1.54, 1.807) is 57.3 Å². The van der Waals surface area contributed by atoms with Gasteiger partial charge in [-0.1, -0.05) is 70.2 Å². The first kappa shape index (κ1) is 39.3. The second-order valence-electron chi connectivity index (χ2n) is 13.6. The lowest BCUT2D eigenvalue weighted by Crippen LogP contribution is -2.34. The number of ether oxygens (including phenoxy) is 2. The van der Waals surface area contributed by atoms with Gasteiger partial charge in [0, 0.05) is 18.2 Å². The van der Waals surface area contributed by atoms with Crippen LogP contribution in [0, 0.1) is 0 Å². The number of rotatable bonds is 2. The van der Waals surface area contributed by atoms with Gasteiger partial charge in [0.25, 0.3) is 5.91 Å². The number of aromatic nitrogens is 2. The molecule has 0 spiro atoms. The van der Waals surface area contributed by atoms with Gasteiger partial charge in [0.15, 0.2) is 21.3 Å². The van der Waals surface area contributed by atoms with E-state index in [1.807, 2.05) is 40.7 Å². The van der Waals surface area contributed by atoms with E-state index >= 15 is 0 Å². The summed E-state index contributed by atoms with van der Waals surface area (Å²) in [5.74, 6) is -0.215. The van der Waals surface area contributed by atoms with E-state index < -0.39 is 32.2 Å². The first-order valence-corrected chi connectivity index (χ1v) is 18.5. The number of carbonyl (C=O) groups excluding carboxylic acids is 2. The Hall–Kier alpha value is -4.19. The molecule has 3 aromatic rings. The number of nitrogens with one attached hydrogen (secondary N) is 1. The summed E-state index contributed by atoms with van der Waals surface area (Å²) in [6, 6.07) is 11.8. The average Bonchev–Trinajstić information content (AvgIpc) is 3.04. The molecule has 0 radical (unpaired) electrons. The Labute approximate surface area is 291 Å². The Morgan fingerprint density at radius 2 is 1.65 bits per heavy atom. The van der Waals surface area contributed by atoms with Gasteiger partial charge in [0.2, 0.25) is 0 Å². The van der Waals surface area contributed by atoms with Gasteiger partial charge in [0.05, 0.1) is 40.4 Å². The van der Waals surface area contributed by atoms with E-state index in [-0.39, 0.29) is 23.0 Å². The Kier molecular flexibility index (Phi) is 13.6. The zero-order chi connectivity index (χ0) is 36.4. The third-order valence-electron chi connectivity index (χ3n) is 8.08. The van der Waals surface area contributed by atoms with Crippen LogP contribution in [0.4, 0.5) is 16.3 Å². The largest absolute Gasteiger partial charge is 0.491 e. The third kappa shape index (κ3) is 10.4. The number of nitrogens with zero attached hydrogens (tertiary/aromatic N) is 3. The zero-order valence-electron chi connectivity index (χ0n) is 30.3. The van der Waals surface area contributed by atoms with Gasteiger partial charge in [-0.05, 0) is 65.7 Å². The van der Waals surface area contributed by atoms with Crippen molar-refractivity contribution in [3.63, 3.8) is 0 Å². The second kappa shape index (κ2) is 17.0. The number of hydrogen-bond acceptors (Lipinski definition) is 9. The number of para-hydroxylation sites is 1. The molecule has 11 nitrogen and oxygen atoms in total. The molecule has 0 fully saturated rings. The van der Waals surface area contributed by atoms with Gasteiger partial charge in [-0.3, -0.25) is 4.79 Å². The highest BCUT2D eigenvalue weighted by Gasteiger charge is 2.35. The number of carbonyl (C=O) groups is 2. The Morgan fingerprint density at radius 1 is 1.02 bits per heavy atom. The van der Waals surface area contributed by atoms with Crippen molar-refractivity contribution >= 4 is 33.3 Å². The molecular weight excluding hydrogens is 643 g/mol. The number of sulfone groups is 1. The van der Waals surface area contributed by atoms with Crippen molar-refractivity contribution in [2.24, 2.45) is 0 Å². The summed E-state index contributed by atoms with van der Waals surface area (Å²) in [6.45, 7) is 13.6. The maximum atomic E-state index is 13.6. The van der Waals surface area contributed by atoms with Crippen molar-refractivity contribution < 1.29 is 27.5 Å². The molecule has 2 amide bonds. The highest BCUT2D eigenvalue weighted by Crippen LogP contribution is 2.33. The standard InChI is InChI=1S/C35H47N5O6S.C2H6/c1-34(2,3)46-33(42)40(6)23-25-14-13-15-27-30(25)45-21-12-10-8-7-9-11-20-35(4,5)47(43,44)26-18-16-24(17-19-26)28-22-37-31(36)29(38-28)32(41)39-27;1-2/h13-19,22H,7-12,20-21,23H2,1-6H3,(H2,36,37)(H,39,41);1-2H3. The fraction of sp³-hybridized carbons (Fsp3) is 0.514. The molecule has 12 heteroatoms. The van der Waals surface area contributed by atoms with Crippen LogP contribution in [0.1, 0.15) is 109 Å². The number of anilines is 2. The first-order chi connectivity index (χ1) is 23.1. The van der Waals surface area contributed by atoms with Crippen LogP contribution in [0.2, 0.25) is 0 Å². The summed E-state index contributed by atoms with van der Waals surface area (Å²) in [5, 5.41) is 2.88. The molecule has 0 unspecified atom stereocenters. The van der Waals surface area contributed by atoms with E-state index in [4.69, 9.17) is 15.2 Å². The van der Waals surface area contributed by atoms with Crippen molar-refractivity contribution in [3.05, 3.63) is 59.9 Å². The normalized spacial score (nSPS) is 16.6. The van der Waals surface area contributed by atoms with Crippen LogP contribution in [0.5, 0.6) is 5.75 Å². The molecule has 3 heterocycles. The average molecular weight is 696 g/mol. The Balaban J connectivity index is 0.00000319. The predicted octanol–water partition coefficient (Wildman–Crippen LogP) is 8.05. The number of nitrogen functional groups attached to an aromatic ring is 1. The molecule has 1 aromatic heterocycles. The van der Waals surface area contributed by atoms with Gasteiger partial charge in [-0.25, -0.2) is 23.2 Å². The first-order valence-electron chi connectivity index (χ1n) is 17.1. The van der Waals surface area contributed by atoms with Gasteiger partial charge in [-0.2, -0.15) is 0 Å². The number of fused-ring (bicyclic) bond motifs is 13. The zero-order valence-corrected chi connectivity index (χ0v) is 31.1. The minimum absolute atomic E-state index is 0.0649.